The van der Waals surface area contributed by atoms with Gasteiger partial charge in [-0.2, -0.15) is 0 Å². The maximum absolute atomic E-state index is 6.55. The highest BCUT2D eigenvalue weighted by molar-refractivity contribution is 6.14. The molecule has 270 valence electrons. The number of hydrogen-bond acceptors (Lipinski definition) is 5. The van der Waals surface area contributed by atoms with Gasteiger partial charge in [0.05, 0.1) is 0 Å². The predicted octanol–water partition coefficient (Wildman–Crippen LogP) is 13.8. The van der Waals surface area contributed by atoms with Crippen LogP contribution in [0.25, 0.3) is 99.9 Å². The summed E-state index contributed by atoms with van der Waals surface area (Å²) in [6.45, 7) is 9.52. The van der Waals surface area contributed by atoms with E-state index in [0.717, 1.165) is 76.9 Å². The number of furan rings is 2. The molecular formula is C51H39N3O2. The number of hydrogen-bond donors (Lipinski definition) is 0. The lowest BCUT2D eigenvalue weighted by Crippen LogP contribution is -2.33. The van der Waals surface area contributed by atoms with Crippen molar-refractivity contribution in [2.75, 3.05) is 0 Å². The normalized spacial score (nSPS) is 14.9. The van der Waals surface area contributed by atoms with E-state index in [4.69, 9.17) is 23.8 Å². The van der Waals surface area contributed by atoms with Gasteiger partial charge in [0.25, 0.3) is 0 Å². The fraction of sp³-hybridized carbons (Fsp3) is 0.157. The molecule has 3 heterocycles. The maximum Gasteiger partial charge on any atom is 0.164 e. The molecule has 0 saturated carbocycles. The molecule has 5 nitrogen and oxygen atoms in total. The topological polar surface area (TPSA) is 65.0 Å². The largest absolute Gasteiger partial charge is 0.456 e. The van der Waals surface area contributed by atoms with Gasteiger partial charge in [-0.05, 0) is 93.1 Å². The zero-order chi connectivity index (χ0) is 37.8. The second-order valence-electron chi connectivity index (χ2n) is 16.7. The Balaban J connectivity index is 1.14. The Morgan fingerprint density at radius 2 is 0.964 bits per heavy atom. The molecule has 0 spiro atoms. The minimum absolute atomic E-state index is 0.118. The number of benzene rings is 7. The van der Waals surface area contributed by atoms with Gasteiger partial charge in [-0.3, -0.25) is 0 Å². The summed E-state index contributed by atoms with van der Waals surface area (Å²) in [4.78, 5) is 15.7. The summed E-state index contributed by atoms with van der Waals surface area (Å²) in [5.74, 6) is 1.77. The second-order valence-corrected chi connectivity index (χ2v) is 16.7. The Morgan fingerprint density at radius 3 is 1.71 bits per heavy atom. The van der Waals surface area contributed by atoms with Crippen molar-refractivity contribution in [3.05, 3.63) is 151 Å². The van der Waals surface area contributed by atoms with Gasteiger partial charge in [0.1, 0.15) is 22.3 Å². The van der Waals surface area contributed by atoms with Crippen LogP contribution in [0.1, 0.15) is 51.7 Å². The minimum Gasteiger partial charge on any atom is -0.456 e. The van der Waals surface area contributed by atoms with Crippen LogP contribution in [0.4, 0.5) is 0 Å². The first-order chi connectivity index (χ1) is 27.2. The van der Waals surface area contributed by atoms with Gasteiger partial charge in [0, 0.05) is 38.2 Å². The summed E-state index contributed by atoms with van der Waals surface area (Å²) in [6, 6.07) is 48.8. The van der Waals surface area contributed by atoms with E-state index in [1.807, 2.05) is 42.5 Å². The first-order valence-electron chi connectivity index (χ1n) is 19.5. The standard InChI is InChI=1S/C51H39N3O2/c1-50(2)25-26-51(3,4)40-29-33(21-23-39(40)50)32-22-24-42-38(28-32)46-37(15-10-18-44(46)56-42)49-53-47(34-20-19-30-11-5-6-12-31(30)27-34)52-48(54-49)36-14-9-17-43-45(36)35-13-7-8-16-41(35)55-43/h5-24,27-29H,25-26H2,1-4H3. The van der Waals surface area contributed by atoms with E-state index in [1.165, 1.54) is 29.5 Å². The molecule has 0 aliphatic heterocycles. The molecule has 10 aromatic rings. The molecule has 0 N–H and O–H groups in total. The highest BCUT2D eigenvalue weighted by atomic mass is 16.3. The van der Waals surface area contributed by atoms with Crippen LogP contribution in [0.5, 0.6) is 0 Å². The maximum atomic E-state index is 6.55. The monoisotopic (exact) mass is 725 g/mol. The highest BCUT2D eigenvalue weighted by Gasteiger charge is 2.37. The van der Waals surface area contributed by atoms with Crippen molar-refractivity contribution in [2.45, 2.75) is 51.4 Å². The zero-order valence-electron chi connectivity index (χ0n) is 31.9. The summed E-state index contributed by atoms with van der Waals surface area (Å²) < 4.78 is 12.9. The number of rotatable bonds is 4. The van der Waals surface area contributed by atoms with Gasteiger partial charge in [0.15, 0.2) is 17.5 Å². The minimum atomic E-state index is 0.118. The molecule has 3 aromatic heterocycles. The molecule has 5 heteroatoms. The highest BCUT2D eigenvalue weighted by Crippen LogP contribution is 2.47. The Kier molecular flexibility index (Phi) is 7.00. The predicted molar refractivity (Wildman–Crippen MR) is 229 cm³/mol. The molecule has 0 saturated heterocycles. The SMILES string of the molecule is CC1(C)CCC(C)(C)c2cc(-c3ccc4oc5cccc(-c6nc(-c7ccc8ccccc8c7)nc(-c7cccc8oc9ccccc9c78)n6)c5c4c3)ccc21. The van der Waals surface area contributed by atoms with Crippen molar-refractivity contribution in [3.8, 4) is 45.3 Å². The number of nitrogens with zero attached hydrogens (tertiary/aromatic N) is 3. The Bertz CT molecular complexity index is 3220. The van der Waals surface area contributed by atoms with Crippen LogP contribution in [-0.4, -0.2) is 15.0 Å². The van der Waals surface area contributed by atoms with Crippen molar-refractivity contribution in [1.82, 2.24) is 15.0 Å². The van der Waals surface area contributed by atoms with Crippen LogP contribution in [0.15, 0.2) is 148 Å². The lowest BCUT2D eigenvalue weighted by atomic mass is 9.63. The molecule has 56 heavy (non-hydrogen) atoms. The van der Waals surface area contributed by atoms with Crippen molar-refractivity contribution in [3.63, 3.8) is 0 Å². The molecule has 0 fully saturated rings. The van der Waals surface area contributed by atoms with Gasteiger partial charge in [-0.1, -0.05) is 131 Å². The van der Waals surface area contributed by atoms with Crippen LogP contribution >= 0.6 is 0 Å². The van der Waals surface area contributed by atoms with Gasteiger partial charge in [-0.25, -0.2) is 15.0 Å². The number of para-hydroxylation sites is 1. The van der Waals surface area contributed by atoms with E-state index in [9.17, 15) is 0 Å². The van der Waals surface area contributed by atoms with E-state index in [2.05, 4.69) is 125 Å². The van der Waals surface area contributed by atoms with Crippen molar-refractivity contribution >= 4 is 54.6 Å². The third kappa shape index (κ3) is 5.11. The summed E-state index contributed by atoms with van der Waals surface area (Å²) in [6.07, 6.45) is 2.36. The van der Waals surface area contributed by atoms with Crippen LogP contribution < -0.4 is 0 Å². The van der Waals surface area contributed by atoms with Gasteiger partial charge < -0.3 is 8.83 Å². The van der Waals surface area contributed by atoms with Gasteiger partial charge in [-0.15, -0.1) is 0 Å². The zero-order valence-corrected chi connectivity index (χ0v) is 31.9. The first-order valence-corrected chi connectivity index (χ1v) is 19.5. The Labute approximate surface area is 324 Å². The fourth-order valence-electron chi connectivity index (χ4n) is 9.00. The number of fused-ring (bicyclic) bond motifs is 8. The Hall–Kier alpha value is -6.59. The van der Waals surface area contributed by atoms with Crippen LogP contribution in [0.3, 0.4) is 0 Å². The van der Waals surface area contributed by atoms with Crippen LogP contribution in [-0.2, 0) is 10.8 Å². The lowest BCUT2D eigenvalue weighted by molar-refractivity contribution is 0.332. The molecule has 7 aromatic carbocycles. The number of aromatic nitrogens is 3. The quantitative estimate of drug-likeness (QED) is 0.181. The Morgan fingerprint density at radius 1 is 0.411 bits per heavy atom. The molecule has 0 amide bonds. The average molecular weight is 726 g/mol. The molecule has 0 bridgehead atoms. The molecule has 1 aliphatic rings. The third-order valence-corrected chi connectivity index (χ3v) is 12.2. The molecule has 0 unspecified atom stereocenters. The molecular weight excluding hydrogens is 687 g/mol. The van der Waals surface area contributed by atoms with E-state index in [0.29, 0.717) is 17.5 Å². The van der Waals surface area contributed by atoms with Crippen molar-refractivity contribution in [2.24, 2.45) is 0 Å². The third-order valence-electron chi connectivity index (χ3n) is 12.2. The lowest BCUT2D eigenvalue weighted by Gasteiger charge is -2.42. The van der Waals surface area contributed by atoms with Crippen LogP contribution in [0, 0.1) is 0 Å². The summed E-state index contributed by atoms with van der Waals surface area (Å²) >= 11 is 0. The molecule has 0 atom stereocenters. The fourth-order valence-corrected chi connectivity index (χ4v) is 9.00. The van der Waals surface area contributed by atoms with Crippen molar-refractivity contribution < 1.29 is 8.83 Å². The molecule has 0 radical (unpaired) electrons. The van der Waals surface area contributed by atoms with Gasteiger partial charge >= 0.3 is 0 Å². The average Bonchev–Trinajstić information content (AvgIpc) is 3.80. The van der Waals surface area contributed by atoms with E-state index in [1.54, 1.807) is 0 Å². The van der Waals surface area contributed by atoms with E-state index < -0.39 is 0 Å². The first kappa shape index (κ1) is 32.8. The van der Waals surface area contributed by atoms with E-state index in [-0.39, 0.29) is 10.8 Å². The summed E-state index contributed by atoms with van der Waals surface area (Å²) in [5, 5.41) is 6.31. The molecule has 1 aliphatic carbocycles. The summed E-state index contributed by atoms with van der Waals surface area (Å²) in [7, 11) is 0. The van der Waals surface area contributed by atoms with Crippen LogP contribution in [0.2, 0.25) is 0 Å². The van der Waals surface area contributed by atoms with Gasteiger partial charge in [0.2, 0.25) is 0 Å². The van der Waals surface area contributed by atoms with E-state index >= 15 is 0 Å². The van der Waals surface area contributed by atoms with Crippen molar-refractivity contribution in [1.29, 1.82) is 0 Å². The molecule has 11 rings (SSSR count). The second kappa shape index (κ2) is 12.0. The smallest absolute Gasteiger partial charge is 0.164 e. The summed E-state index contributed by atoms with van der Waals surface area (Å²) in [5.41, 5.74) is 11.5.